The number of rotatable bonds is 5. The maximum Gasteiger partial charge on any atom is 0.389 e. The normalized spacial score (nSPS) is 15.9. The standard InChI is InChI=1S/C10H16F3N3O/c1-3-6(2)8(14)9-15-7(16-17-9)4-5-10(11,12)13/h6,8H,3-5,14H2,1-2H3/t6?,8-/m0/s1. The van der Waals surface area contributed by atoms with E-state index in [0.29, 0.717) is 0 Å². The smallest absolute Gasteiger partial charge is 0.338 e. The van der Waals surface area contributed by atoms with Crippen LogP contribution >= 0.6 is 0 Å². The molecule has 2 atom stereocenters. The Labute approximate surface area is 97.4 Å². The minimum Gasteiger partial charge on any atom is -0.338 e. The SMILES string of the molecule is CCC(C)[C@H](N)c1nc(CCC(F)(F)F)no1. The topological polar surface area (TPSA) is 64.9 Å². The van der Waals surface area contributed by atoms with Gasteiger partial charge in [-0.25, -0.2) is 0 Å². The molecule has 1 rings (SSSR count). The summed E-state index contributed by atoms with van der Waals surface area (Å²) in [6.45, 7) is 3.88. The van der Waals surface area contributed by atoms with Gasteiger partial charge in [0, 0.05) is 6.42 Å². The third kappa shape index (κ3) is 4.33. The van der Waals surface area contributed by atoms with Crippen LogP contribution < -0.4 is 5.73 Å². The van der Waals surface area contributed by atoms with Gasteiger partial charge in [0.25, 0.3) is 0 Å². The van der Waals surface area contributed by atoms with E-state index in [2.05, 4.69) is 10.1 Å². The molecule has 0 saturated carbocycles. The van der Waals surface area contributed by atoms with Crippen LogP contribution in [0.2, 0.25) is 0 Å². The molecule has 2 N–H and O–H groups in total. The van der Waals surface area contributed by atoms with Crippen molar-refractivity contribution in [1.82, 2.24) is 10.1 Å². The lowest BCUT2D eigenvalue weighted by molar-refractivity contribution is -0.134. The molecule has 0 amide bonds. The first-order valence-electron chi connectivity index (χ1n) is 5.48. The summed E-state index contributed by atoms with van der Waals surface area (Å²) in [5, 5.41) is 3.49. The molecule has 0 aromatic carbocycles. The molecule has 0 aliphatic carbocycles. The lowest BCUT2D eigenvalue weighted by Gasteiger charge is -2.12. The van der Waals surface area contributed by atoms with Gasteiger partial charge in [0.15, 0.2) is 5.82 Å². The van der Waals surface area contributed by atoms with E-state index in [1.54, 1.807) is 0 Å². The van der Waals surface area contributed by atoms with Crippen molar-refractivity contribution in [3.8, 4) is 0 Å². The Balaban J connectivity index is 2.59. The number of hydrogen-bond donors (Lipinski definition) is 1. The second-order valence-electron chi connectivity index (χ2n) is 4.08. The second kappa shape index (κ2) is 5.48. The summed E-state index contributed by atoms with van der Waals surface area (Å²) in [5.74, 6) is 0.401. The maximum atomic E-state index is 12.0. The predicted molar refractivity (Wildman–Crippen MR) is 55.1 cm³/mol. The Morgan fingerprint density at radius 1 is 1.41 bits per heavy atom. The molecule has 0 aliphatic heterocycles. The van der Waals surface area contributed by atoms with Gasteiger partial charge in [0.1, 0.15) is 0 Å². The number of aryl methyl sites for hydroxylation is 1. The Morgan fingerprint density at radius 2 is 2.06 bits per heavy atom. The largest absolute Gasteiger partial charge is 0.389 e. The lowest BCUT2D eigenvalue weighted by atomic mass is 10.0. The second-order valence-corrected chi connectivity index (χ2v) is 4.08. The number of alkyl halides is 3. The summed E-state index contributed by atoms with van der Waals surface area (Å²) in [4.78, 5) is 3.88. The molecule has 7 heteroatoms. The zero-order valence-corrected chi connectivity index (χ0v) is 9.79. The fraction of sp³-hybridized carbons (Fsp3) is 0.800. The van der Waals surface area contributed by atoms with Crippen LogP contribution in [0.5, 0.6) is 0 Å². The zero-order chi connectivity index (χ0) is 13.1. The Bertz CT molecular complexity index is 351. The number of aromatic nitrogens is 2. The number of halogens is 3. The summed E-state index contributed by atoms with van der Waals surface area (Å²) >= 11 is 0. The van der Waals surface area contributed by atoms with Crippen molar-refractivity contribution < 1.29 is 17.7 Å². The first kappa shape index (κ1) is 14.0. The highest BCUT2D eigenvalue weighted by atomic mass is 19.4. The van der Waals surface area contributed by atoms with Crippen molar-refractivity contribution in [1.29, 1.82) is 0 Å². The first-order chi connectivity index (χ1) is 7.83. The minimum atomic E-state index is -4.21. The van der Waals surface area contributed by atoms with Crippen LogP contribution in [-0.4, -0.2) is 16.3 Å². The zero-order valence-electron chi connectivity index (χ0n) is 9.79. The highest BCUT2D eigenvalue weighted by Gasteiger charge is 2.28. The van der Waals surface area contributed by atoms with E-state index < -0.39 is 18.6 Å². The highest BCUT2D eigenvalue weighted by Crippen LogP contribution is 2.23. The molecule has 98 valence electrons. The van der Waals surface area contributed by atoms with Crippen LogP contribution in [0.4, 0.5) is 13.2 Å². The maximum absolute atomic E-state index is 12.0. The van der Waals surface area contributed by atoms with Crippen molar-refractivity contribution in [3.63, 3.8) is 0 Å². The Morgan fingerprint density at radius 3 is 2.59 bits per heavy atom. The van der Waals surface area contributed by atoms with Crippen LogP contribution in [0, 0.1) is 5.92 Å². The molecule has 1 aromatic rings. The molecule has 1 heterocycles. The molecule has 0 radical (unpaired) electrons. The van der Waals surface area contributed by atoms with Crippen molar-refractivity contribution in [2.75, 3.05) is 0 Å². The minimum absolute atomic E-state index is 0.0519. The molecular formula is C10H16F3N3O. The van der Waals surface area contributed by atoms with Gasteiger partial charge >= 0.3 is 6.18 Å². The average Bonchev–Trinajstić information content (AvgIpc) is 2.72. The van der Waals surface area contributed by atoms with Gasteiger partial charge in [-0.05, 0) is 5.92 Å². The fourth-order valence-corrected chi connectivity index (χ4v) is 1.26. The first-order valence-corrected chi connectivity index (χ1v) is 5.48. The van der Waals surface area contributed by atoms with Crippen molar-refractivity contribution in [3.05, 3.63) is 11.7 Å². The van der Waals surface area contributed by atoms with E-state index in [4.69, 9.17) is 10.3 Å². The van der Waals surface area contributed by atoms with Gasteiger partial charge < -0.3 is 10.3 Å². The van der Waals surface area contributed by atoms with Gasteiger partial charge in [-0.2, -0.15) is 18.2 Å². The summed E-state index contributed by atoms with van der Waals surface area (Å²) in [6.07, 6.45) is -4.61. The number of nitrogens with two attached hydrogens (primary N) is 1. The molecule has 4 nitrogen and oxygen atoms in total. The van der Waals surface area contributed by atoms with Gasteiger partial charge in [0.2, 0.25) is 5.89 Å². The van der Waals surface area contributed by atoms with Crippen LogP contribution in [0.1, 0.15) is 44.4 Å². The number of hydrogen-bond acceptors (Lipinski definition) is 4. The van der Waals surface area contributed by atoms with Crippen LogP contribution in [-0.2, 0) is 6.42 Å². The van der Waals surface area contributed by atoms with Gasteiger partial charge in [-0.3, -0.25) is 0 Å². The molecular weight excluding hydrogens is 235 g/mol. The van der Waals surface area contributed by atoms with Crippen molar-refractivity contribution >= 4 is 0 Å². The third-order valence-electron chi connectivity index (χ3n) is 2.66. The highest BCUT2D eigenvalue weighted by molar-refractivity contribution is 4.93. The summed E-state index contributed by atoms with van der Waals surface area (Å²) < 4.78 is 40.8. The van der Waals surface area contributed by atoms with Crippen LogP contribution in [0.3, 0.4) is 0 Å². The Hall–Kier alpha value is -1.11. The average molecular weight is 251 g/mol. The lowest BCUT2D eigenvalue weighted by Crippen LogP contribution is -2.19. The van der Waals surface area contributed by atoms with E-state index in [1.807, 2.05) is 13.8 Å². The predicted octanol–water partition coefficient (Wildman–Crippen LogP) is 2.61. The molecule has 0 bridgehead atoms. The summed E-state index contributed by atoms with van der Waals surface area (Å²) in [7, 11) is 0. The summed E-state index contributed by atoms with van der Waals surface area (Å²) in [6, 6.07) is -0.424. The molecule has 1 aromatic heterocycles. The van der Waals surface area contributed by atoms with Crippen LogP contribution in [0.15, 0.2) is 4.52 Å². The molecule has 17 heavy (non-hydrogen) atoms. The monoisotopic (exact) mass is 251 g/mol. The third-order valence-corrected chi connectivity index (χ3v) is 2.66. The van der Waals surface area contributed by atoms with Gasteiger partial charge in [-0.15, -0.1) is 0 Å². The van der Waals surface area contributed by atoms with Gasteiger partial charge in [0.05, 0.1) is 12.5 Å². The molecule has 0 fully saturated rings. The molecule has 0 saturated heterocycles. The van der Waals surface area contributed by atoms with Crippen molar-refractivity contribution in [2.24, 2.45) is 11.7 Å². The summed E-state index contributed by atoms with van der Waals surface area (Å²) in [5.41, 5.74) is 5.83. The quantitative estimate of drug-likeness (QED) is 0.873. The molecule has 0 spiro atoms. The number of nitrogens with zero attached hydrogens (tertiary/aromatic N) is 2. The molecule has 0 aliphatic rings. The van der Waals surface area contributed by atoms with E-state index in [0.717, 1.165) is 6.42 Å². The Kier molecular flexibility index (Phi) is 4.50. The fourth-order valence-electron chi connectivity index (χ4n) is 1.26. The van der Waals surface area contributed by atoms with E-state index in [1.165, 1.54) is 0 Å². The van der Waals surface area contributed by atoms with Gasteiger partial charge in [-0.1, -0.05) is 25.4 Å². The van der Waals surface area contributed by atoms with E-state index >= 15 is 0 Å². The van der Waals surface area contributed by atoms with E-state index in [-0.39, 0.29) is 24.1 Å². The molecule has 1 unspecified atom stereocenters. The van der Waals surface area contributed by atoms with Crippen LogP contribution in [0.25, 0.3) is 0 Å². The van der Waals surface area contributed by atoms with E-state index in [9.17, 15) is 13.2 Å². The van der Waals surface area contributed by atoms with Crippen molar-refractivity contribution in [2.45, 2.75) is 45.3 Å².